The highest BCUT2D eigenvalue weighted by Gasteiger charge is 2.15. The van der Waals surface area contributed by atoms with Gasteiger partial charge in [0.1, 0.15) is 0 Å². The maximum Gasteiger partial charge on any atom is 0.307 e. The highest BCUT2D eigenvalue weighted by atomic mass is 16.4. The number of carboxylic acids is 1. The maximum atomic E-state index is 11.0. The summed E-state index contributed by atoms with van der Waals surface area (Å²) in [6.07, 6.45) is 7.44. The number of carbonyl (C=O) groups is 1. The molecule has 0 saturated heterocycles. The van der Waals surface area contributed by atoms with E-state index in [4.69, 9.17) is 5.11 Å². The first-order valence-electron chi connectivity index (χ1n) is 8.07. The van der Waals surface area contributed by atoms with Crippen LogP contribution >= 0.6 is 0 Å². The van der Waals surface area contributed by atoms with Crippen molar-refractivity contribution in [2.75, 3.05) is 40.3 Å². The summed E-state index contributed by atoms with van der Waals surface area (Å²) >= 11 is 0. The van der Waals surface area contributed by atoms with Crippen LogP contribution in [-0.2, 0) is 4.79 Å². The van der Waals surface area contributed by atoms with Crippen molar-refractivity contribution in [3.05, 3.63) is 0 Å². The lowest BCUT2D eigenvalue weighted by Gasteiger charge is -2.25. The zero-order valence-corrected chi connectivity index (χ0v) is 13.9. The van der Waals surface area contributed by atoms with Gasteiger partial charge in [0.15, 0.2) is 0 Å². The Bertz CT molecular complexity index is 245. The van der Waals surface area contributed by atoms with Gasteiger partial charge in [0, 0.05) is 6.54 Å². The molecule has 0 aliphatic carbocycles. The molecule has 0 rings (SSSR count). The second-order valence-corrected chi connectivity index (χ2v) is 6.11. The predicted octanol–water partition coefficient (Wildman–Crippen LogP) is 2.93. The van der Waals surface area contributed by atoms with E-state index in [0.29, 0.717) is 6.54 Å². The Kier molecular flexibility index (Phi) is 11.8. The lowest BCUT2D eigenvalue weighted by Crippen LogP contribution is -2.34. The van der Waals surface area contributed by atoms with Crippen molar-refractivity contribution in [1.82, 2.24) is 9.80 Å². The molecule has 0 aromatic carbocycles. The van der Waals surface area contributed by atoms with Crippen LogP contribution < -0.4 is 0 Å². The molecule has 1 atom stereocenters. The van der Waals surface area contributed by atoms with Gasteiger partial charge in [-0.15, -0.1) is 0 Å². The van der Waals surface area contributed by atoms with Crippen LogP contribution in [0.25, 0.3) is 0 Å². The molecule has 0 spiro atoms. The van der Waals surface area contributed by atoms with Gasteiger partial charge in [0.25, 0.3) is 0 Å². The molecule has 0 heterocycles. The van der Waals surface area contributed by atoms with Crippen molar-refractivity contribution in [3.8, 4) is 0 Å². The number of hydrogen-bond acceptors (Lipinski definition) is 3. The minimum Gasteiger partial charge on any atom is -0.481 e. The molecular formula is C16H34N2O2. The van der Waals surface area contributed by atoms with E-state index in [1.54, 1.807) is 6.92 Å². The van der Waals surface area contributed by atoms with Gasteiger partial charge in [-0.25, -0.2) is 0 Å². The predicted molar refractivity (Wildman–Crippen MR) is 85.2 cm³/mol. The molecule has 0 amide bonds. The summed E-state index contributed by atoms with van der Waals surface area (Å²) in [5, 5.41) is 9.05. The lowest BCUT2D eigenvalue weighted by molar-refractivity contribution is -0.141. The second kappa shape index (κ2) is 12.2. The highest BCUT2D eigenvalue weighted by Crippen LogP contribution is 2.07. The summed E-state index contributed by atoms with van der Waals surface area (Å²) in [4.78, 5) is 15.5. The van der Waals surface area contributed by atoms with E-state index in [9.17, 15) is 4.79 Å². The van der Waals surface area contributed by atoms with Crippen LogP contribution in [0.2, 0.25) is 0 Å². The number of aliphatic carboxylic acids is 1. The van der Waals surface area contributed by atoms with Gasteiger partial charge in [0.05, 0.1) is 5.92 Å². The first kappa shape index (κ1) is 19.4. The minimum atomic E-state index is -0.686. The SMILES string of the molecule is CCCCCCCN(CCCN(C)C)CC(C)C(=O)O. The Morgan fingerprint density at radius 1 is 1.00 bits per heavy atom. The van der Waals surface area contributed by atoms with E-state index in [1.165, 1.54) is 32.1 Å². The quantitative estimate of drug-likeness (QED) is 0.529. The third-order valence-electron chi connectivity index (χ3n) is 3.61. The van der Waals surface area contributed by atoms with Gasteiger partial charge in [-0.3, -0.25) is 4.79 Å². The summed E-state index contributed by atoms with van der Waals surface area (Å²) in [5.74, 6) is -0.960. The lowest BCUT2D eigenvalue weighted by atomic mass is 10.1. The fraction of sp³-hybridized carbons (Fsp3) is 0.938. The van der Waals surface area contributed by atoms with E-state index in [1.807, 2.05) is 0 Å². The molecule has 1 unspecified atom stereocenters. The maximum absolute atomic E-state index is 11.0. The molecule has 0 bridgehead atoms. The molecule has 0 aliphatic heterocycles. The van der Waals surface area contributed by atoms with E-state index in [-0.39, 0.29) is 5.92 Å². The second-order valence-electron chi connectivity index (χ2n) is 6.11. The normalized spacial score (nSPS) is 13.1. The fourth-order valence-electron chi connectivity index (χ4n) is 2.31. The van der Waals surface area contributed by atoms with Gasteiger partial charge in [-0.1, -0.05) is 39.5 Å². The first-order valence-corrected chi connectivity index (χ1v) is 8.07. The third-order valence-corrected chi connectivity index (χ3v) is 3.61. The fourth-order valence-corrected chi connectivity index (χ4v) is 2.31. The van der Waals surface area contributed by atoms with E-state index < -0.39 is 5.97 Å². The Balaban J connectivity index is 4.00. The molecule has 0 aliphatic rings. The zero-order valence-electron chi connectivity index (χ0n) is 13.9. The van der Waals surface area contributed by atoms with Crippen LogP contribution in [-0.4, -0.2) is 61.2 Å². The van der Waals surface area contributed by atoms with Crippen molar-refractivity contribution in [2.24, 2.45) is 5.92 Å². The molecule has 4 heteroatoms. The molecule has 0 aromatic heterocycles. The molecule has 120 valence electrons. The van der Waals surface area contributed by atoms with Crippen LogP contribution in [0, 0.1) is 5.92 Å². The summed E-state index contributed by atoms with van der Waals surface area (Å²) < 4.78 is 0. The largest absolute Gasteiger partial charge is 0.481 e. The molecule has 4 nitrogen and oxygen atoms in total. The standard InChI is InChI=1S/C16H34N2O2/c1-5-6-7-8-9-12-18(13-10-11-17(3)4)14-15(2)16(19)20/h15H,5-14H2,1-4H3,(H,19,20). The average Bonchev–Trinajstić information content (AvgIpc) is 2.37. The van der Waals surface area contributed by atoms with Crippen molar-refractivity contribution in [1.29, 1.82) is 0 Å². The van der Waals surface area contributed by atoms with Crippen LogP contribution in [0.1, 0.15) is 52.4 Å². The molecule has 0 radical (unpaired) electrons. The van der Waals surface area contributed by atoms with Gasteiger partial charge in [0.2, 0.25) is 0 Å². The molecule has 1 N–H and O–H groups in total. The minimum absolute atomic E-state index is 0.273. The molecule has 0 fully saturated rings. The van der Waals surface area contributed by atoms with Gasteiger partial charge >= 0.3 is 5.97 Å². The summed E-state index contributed by atoms with van der Waals surface area (Å²) in [6.45, 7) is 7.81. The number of carboxylic acid groups (broad SMARTS) is 1. The Hall–Kier alpha value is -0.610. The molecule has 0 saturated carbocycles. The summed E-state index contributed by atoms with van der Waals surface area (Å²) in [5.41, 5.74) is 0. The summed E-state index contributed by atoms with van der Waals surface area (Å²) in [7, 11) is 4.16. The van der Waals surface area contributed by atoms with Crippen molar-refractivity contribution >= 4 is 5.97 Å². The van der Waals surface area contributed by atoms with Crippen LogP contribution in [0.15, 0.2) is 0 Å². The number of hydrogen-bond donors (Lipinski definition) is 1. The third kappa shape index (κ3) is 11.2. The smallest absolute Gasteiger partial charge is 0.307 e. The first-order chi connectivity index (χ1) is 9.47. The number of nitrogens with zero attached hydrogens (tertiary/aromatic N) is 2. The average molecular weight is 286 g/mol. The molecular weight excluding hydrogens is 252 g/mol. The van der Waals surface area contributed by atoms with Crippen molar-refractivity contribution in [3.63, 3.8) is 0 Å². The Morgan fingerprint density at radius 3 is 2.15 bits per heavy atom. The zero-order chi connectivity index (χ0) is 15.4. The van der Waals surface area contributed by atoms with Gasteiger partial charge in [-0.2, -0.15) is 0 Å². The van der Waals surface area contributed by atoms with Gasteiger partial charge < -0.3 is 14.9 Å². The van der Waals surface area contributed by atoms with Crippen LogP contribution in [0.5, 0.6) is 0 Å². The number of rotatable bonds is 13. The van der Waals surface area contributed by atoms with Gasteiger partial charge in [-0.05, 0) is 46.6 Å². The summed E-state index contributed by atoms with van der Waals surface area (Å²) in [6, 6.07) is 0. The molecule has 0 aromatic rings. The monoisotopic (exact) mass is 286 g/mol. The number of unbranched alkanes of at least 4 members (excludes halogenated alkanes) is 4. The van der Waals surface area contributed by atoms with E-state index in [2.05, 4.69) is 30.8 Å². The van der Waals surface area contributed by atoms with E-state index >= 15 is 0 Å². The van der Waals surface area contributed by atoms with Crippen LogP contribution in [0.4, 0.5) is 0 Å². The van der Waals surface area contributed by atoms with Crippen LogP contribution in [0.3, 0.4) is 0 Å². The Morgan fingerprint density at radius 2 is 1.60 bits per heavy atom. The van der Waals surface area contributed by atoms with Crippen molar-refractivity contribution < 1.29 is 9.90 Å². The topological polar surface area (TPSA) is 43.8 Å². The molecule has 20 heavy (non-hydrogen) atoms. The highest BCUT2D eigenvalue weighted by molar-refractivity contribution is 5.69. The van der Waals surface area contributed by atoms with Crippen molar-refractivity contribution in [2.45, 2.75) is 52.4 Å². The Labute approximate surface area is 125 Å². The van der Waals surface area contributed by atoms with E-state index in [0.717, 1.165) is 26.1 Å².